The van der Waals surface area contributed by atoms with E-state index in [0.29, 0.717) is 0 Å². The molecule has 1 aromatic carbocycles. The summed E-state index contributed by atoms with van der Waals surface area (Å²) in [6.45, 7) is 0.0578. The third-order valence-electron chi connectivity index (χ3n) is 1.51. The third-order valence-corrected chi connectivity index (χ3v) is 1.51. The number of aliphatic hydroxyl groups is 1. The van der Waals surface area contributed by atoms with Crippen molar-refractivity contribution in [1.82, 2.24) is 0 Å². The van der Waals surface area contributed by atoms with Gasteiger partial charge in [-0.25, -0.2) is 0 Å². The molecular formula is C10H9NO. The molecule has 0 atom stereocenters. The molecule has 1 N–H and O–H groups in total. The standard InChI is InChI=1S/C10H9NO/c11-7-1-2-9-3-5-10(8-12)6-4-9/h1-6,12H,8H2/b2-1+. The van der Waals surface area contributed by atoms with Gasteiger partial charge in [0, 0.05) is 6.08 Å². The van der Waals surface area contributed by atoms with Crippen LogP contribution in [0.1, 0.15) is 11.1 Å². The number of rotatable bonds is 2. The second kappa shape index (κ2) is 4.32. The van der Waals surface area contributed by atoms with E-state index in [9.17, 15) is 0 Å². The number of nitriles is 1. The summed E-state index contributed by atoms with van der Waals surface area (Å²) in [6.07, 6.45) is 3.15. The maximum absolute atomic E-state index is 8.73. The Balaban J connectivity index is 2.79. The highest BCUT2D eigenvalue weighted by molar-refractivity contribution is 5.51. The lowest BCUT2D eigenvalue weighted by Gasteiger charge is -1.95. The Labute approximate surface area is 71.4 Å². The van der Waals surface area contributed by atoms with Gasteiger partial charge in [-0.15, -0.1) is 0 Å². The predicted octanol–water partition coefficient (Wildman–Crippen LogP) is 1.72. The number of allylic oxidation sites excluding steroid dienone is 1. The summed E-state index contributed by atoms with van der Waals surface area (Å²) in [7, 11) is 0. The molecule has 2 heteroatoms. The third kappa shape index (κ3) is 2.22. The summed E-state index contributed by atoms with van der Waals surface area (Å²) in [6, 6.07) is 9.30. The summed E-state index contributed by atoms with van der Waals surface area (Å²) >= 11 is 0. The van der Waals surface area contributed by atoms with Crippen LogP contribution in [0.3, 0.4) is 0 Å². The number of benzene rings is 1. The van der Waals surface area contributed by atoms with Gasteiger partial charge in [0.05, 0.1) is 12.7 Å². The molecule has 0 radical (unpaired) electrons. The molecule has 0 fully saturated rings. The van der Waals surface area contributed by atoms with Gasteiger partial charge in [-0.3, -0.25) is 0 Å². The van der Waals surface area contributed by atoms with E-state index < -0.39 is 0 Å². The van der Waals surface area contributed by atoms with E-state index in [4.69, 9.17) is 10.4 Å². The normalized spacial score (nSPS) is 10.0. The molecule has 1 rings (SSSR count). The number of hydrogen-bond acceptors (Lipinski definition) is 2. The SMILES string of the molecule is N#C/C=C/c1ccc(CO)cc1. The van der Waals surface area contributed by atoms with Gasteiger partial charge in [-0.05, 0) is 17.2 Å². The van der Waals surface area contributed by atoms with Crippen molar-refractivity contribution in [3.63, 3.8) is 0 Å². The molecule has 0 saturated heterocycles. The molecule has 12 heavy (non-hydrogen) atoms. The Morgan fingerprint density at radius 2 is 2.00 bits per heavy atom. The number of nitrogens with zero attached hydrogens (tertiary/aromatic N) is 1. The molecule has 2 nitrogen and oxygen atoms in total. The molecule has 0 saturated carbocycles. The van der Waals surface area contributed by atoms with Gasteiger partial charge in [0.25, 0.3) is 0 Å². The fraction of sp³-hybridized carbons (Fsp3) is 0.100. The van der Waals surface area contributed by atoms with Crippen molar-refractivity contribution in [3.05, 3.63) is 41.5 Å². The first-order chi connectivity index (χ1) is 5.86. The van der Waals surface area contributed by atoms with Gasteiger partial charge in [0.1, 0.15) is 0 Å². The topological polar surface area (TPSA) is 44.0 Å². The van der Waals surface area contributed by atoms with E-state index in [1.54, 1.807) is 6.08 Å². The minimum atomic E-state index is 0.0578. The smallest absolute Gasteiger partial charge is 0.0912 e. The molecule has 0 amide bonds. The van der Waals surface area contributed by atoms with E-state index >= 15 is 0 Å². The molecule has 0 spiro atoms. The van der Waals surface area contributed by atoms with Crippen LogP contribution in [-0.2, 0) is 6.61 Å². The predicted molar refractivity (Wildman–Crippen MR) is 47.0 cm³/mol. The Bertz CT molecular complexity index is 306. The molecule has 0 aliphatic heterocycles. The van der Waals surface area contributed by atoms with Gasteiger partial charge in [-0.1, -0.05) is 24.3 Å². The van der Waals surface area contributed by atoms with E-state index in [0.717, 1.165) is 11.1 Å². The summed E-state index contributed by atoms with van der Waals surface area (Å²) in [5.41, 5.74) is 1.85. The minimum absolute atomic E-state index is 0.0578. The van der Waals surface area contributed by atoms with E-state index in [-0.39, 0.29) is 6.61 Å². The van der Waals surface area contributed by atoms with Crippen LogP contribution in [0.15, 0.2) is 30.3 Å². The molecule has 0 aliphatic rings. The summed E-state index contributed by atoms with van der Waals surface area (Å²) in [5, 5.41) is 17.0. The fourth-order valence-corrected chi connectivity index (χ4v) is 0.868. The molecule has 60 valence electrons. The fourth-order valence-electron chi connectivity index (χ4n) is 0.868. The van der Waals surface area contributed by atoms with Crippen LogP contribution >= 0.6 is 0 Å². The highest BCUT2D eigenvalue weighted by Crippen LogP contribution is 2.05. The minimum Gasteiger partial charge on any atom is -0.392 e. The van der Waals surface area contributed by atoms with Crippen LogP contribution in [0.5, 0.6) is 0 Å². The van der Waals surface area contributed by atoms with Gasteiger partial charge >= 0.3 is 0 Å². The Morgan fingerprint density at radius 3 is 2.50 bits per heavy atom. The lowest BCUT2D eigenvalue weighted by atomic mass is 10.1. The molecule has 0 aromatic heterocycles. The maximum Gasteiger partial charge on any atom is 0.0912 e. The number of hydrogen-bond donors (Lipinski definition) is 1. The van der Waals surface area contributed by atoms with Crippen molar-refractivity contribution in [2.45, 2.75) is 6.61 Å². The van der Waals surface area contributed by atoms with Crippen LogP contribution in [0, 0.1) is 11.3 Å². The quantitative estimate of drug-likeness (QED) is 0.667. The van der Waals surface area contributed by atoms with Crippen molar-refractivity contribution >= 4 is 6.08 Å². The summed E-state index contributed by atoms with van der Waals surface area (Å²) in [4.78, 5) is 0. The molecule has 0 unspecified atom stereocenters. The van der Waals surface area contributed by atoms with E-state index in [1.807, 2.05) is 30.3 Å². The first kappa shape index (κ1) is 8.51. The maximum atomic E-state index is 8.73. The highest BCUT2D eigenvalue weighted by Gasteiger charge is 1.88. The zero-order valence-corrected chi connectivity index (χ0v) is 6.57. The van der Waals surface area contributed by atoms with Crippen molar-refractivity contribution in [1.29, 1.82) is 5.26 Å². The Morgan fingerprint density at radius 1 is 1.33 bits per heavy atom. The average Bonchev–Trinajstić information content (AvgIpc) is 2.15. The van der Waals surface area contributed by atoms with Crippen LogP contribution in [0.2, 0.25) is 0 Å². The first-order valence-electron chi connectivity index (χ1n) is 3.63. The lowest BCUT2D eigenvalue weighted by Crippen LogP contribution is -1.81. The summed E-state index contributed by atoms with van der Waals surface area (Å²) < 4.78 is 0. The van der Waals surface area contributed by atoms with Gasteiger partial charge in [0.15, 0.2) is 0 Å². The molecule has 0 aliphatic carbocycles. The van der Waals surface area contributed by atoms with Gasteiger partial charge in [0.2, 0.25) is 0 Å². The molecule has 1 aromatic rings. The summed E-state index contributed by atoms with van der Waals surface area (Å²) in [5.74, 6) is 0. The van der Waals surface area contributed by atoms with E-state index in [2.05, 4.69) is 0 Å². The molecule has 0 heterocycles. The van der Waals surface area contributed by atoms with Gasteiger partial charge < -0.3 is 5.11 Å². The Hall–Kier alpha value is -1.59. The second-order valence-electron chi connectivity index (χ2n) is 2.36. The number of aliphatic hydroxyl groups excluding tert-OH is 1. The van der Waals surface area contributed by atoms with Crippen LogP contribution in [-0.4, -0.2) is 5.11 Å². The monoisotopic (exact) mass is 159 g/mol. The zero-order valence-electron chi connectivity index (χ0n) is 6.57. The molecular weight excluding hydrogens is 150 g/mol. The average molecular weight is 159 g/mol. The van der Waals surface area contributed by atoms with Gasteiger partial charge in [-0.2, -0.15) is 5.26 Å². The highest BCUT2D eigenvalue weighted by atomic mass is 16.3. The second-order valence-corrected chi connectivity index (χ2v) is 2.36. The lowest BCUT2D eigenvalue weighted by molar-refractivity contribution is 0.282. The van der Waals surface area contributed by atoms with Crippen molar-refractivity contribution in [2.24, 2.45) is 0 Å². The largest absolute Gasteiger partial charge is 0.392 e. The zero-order chi connectivity index (χ0) is 8.81. The van der Waals surface area contributed by atoms with Crippen LogP contribution in [0.4, 0.5) is 0 Å². The first-order valence-corrected chi connectivity index (χ1v) is 3.63. The van der Waals surface area contributed by atoms with Crippen LogP contribution in [0.25, 0.3) is 6.08 Å². The van der Waals surface area contributed by atoms with Crippen molar-refractivity contribution in [3.8, 4) is 6.07 Å². The van der Waals surface area contributed by atoms with Crippen molar-refractivity contribution in [2.75, 3.05) is 0 Å². The van der Waals surface area contributed by atoms with Crippen LogP contribution < -0.4 is 0 Å². The van der Waals surface area contributed by atoms with E-state index in [1.165, 1.54) is 6.08 Å². The Kier molecular flexibility index (Phi) is 3.06. The van der Waals surface area contributed by atoms with Crippen molar-refractivity contribution < 1.29 is 5.11 Å². The molecule has 0 bridgehead atoms.